The number of carbonyl (C=O) groups excluding carboxylic acids is 1. The van der Waals surface area contributed by atoms with Crippen molar-refractivity contribution in [3.63, 3.8) is 0 Å². The fourth-order valence-corrected chi connectivity index (χ4v) is 3.51. The van der Waals surface area contributed by atoms with Crippen LogP contribution in [-0.4, -0.2) is 59.0 Å². The molecule has 3 aliphatic rings. The Hall–Kier alpha value is -2.18. The average Bonchev–Trinajstić information content (AvgIpc) is 2.60. The first-order chi connectivity index (χ1) is 11.2. The topological polar surface area (TPSA) is 60.5 Å². The summed E-state index contributed by atoms with van der Waals surface area (Å²) in [6.07, 6.45) is 0. The number of carbonyl (C=O) groups is 1. The van der Waals surface area contributed by atoms with Crippen molar-refractivity contribution in [2.45, 2.75) is 19.0 Å². The van der Waals surface area contributed by atoms with E-state index in [1.54, 1.807) is 0 Å². The number of hydrazine groups is 1. The van der Waals surface area contributed by atoms with Crippen LogP contribution in [0.15, 0.2) is 36.4 Å². The summed E-state index contributed by atoms with van der Waals surface area (Å²) in [4.78, 5) is 21.6. The highest BCUT2D eigenvalue weighted by molar-refractivity contribution is 5.84. The Morgan fingerprint density at radius 2 is 1.96 bits per heavy atom. The molecule has 3 saturated heterocycles. The van der Waals surface area contributed by atoms with Gasteiger partial charge in [-0.25, -0.2) is 4.98 Å². The molecule has 1 aromatic heterocycles. The predicted molar refractivity (Wildman–Crippen MR) is 89.9 cm³/mol. The van der Waals surface area contributed by atoms with E-state index in [-0.39, 0.29) is 11.9 Å². The van der Waals surface area contributed by atoms with E-state index in [0.29, 0.717) is 11.9 Å². The summed E-state index contributed by atoms with van der Waals surface area (Å²) in [7, 11) is 0. The summed E-state index contributed by atoms with van der Waals surface area (Å²) in [6, 6.07) is 12.3. The Balaban J connectivity index is 1.41. The van der Waals surface area contributed by atoms with E-state index in [1.807, 2.05) is 36.4 Å². The van der Waals surface area contributed by atoms with Gasteiger partial charge in [0.15, 0.2) is 0 Å². The van der Waals surface area contributed by atoms with Gasteiger partial charge in [0.05, 0.1) is 5.52 Å². The lowest BCUT2D eigenvalue weighted by Crippen LogP contribution is -2.68. The minimum Gasteiger partial charge on any atom is -0.296 e. The van der Waals surface area contributed by atoms with Gasteiger partial charge in [0.2, 0.25) is 0 Å². The Morgan fingerprint density at radius 1 is 1.13 bits per heavy atom. The number of amides is 1. The van der Waals surface area contributed by atoms with Gasteiger partial charge in [-0.15, -0.1) is 0 Å². The van der Waals surface area contributed by atoms with Crippen LogP contribution in [-0.2, 0) is 4.79 Å². The fourth-order valence-electron chi connectivity index (χ4n) is 3.51. The number of benzene rings is 1. The molecule has 2 N–H and O–H groups in total. The van der Waals surface area contributed by atoms with Crippen molar-refractivity contribution in [1.29, 1.82) is 0 Å². The fraction of sp³-hybridized carbons (Fsp3) is 0.412. The summed E-state index contributed by atoms with van der Waals surface area (Å²) >= 11 is 0. The lowest BCUT2D eigenvalue weighted by Gasteiger charge is -2.50. The minimum absolute atomic E-state index is 0.0107. The van der Waals surface area contributed by atoms with Crippen LogP contribution in [0.3, 0.4) is 0 Å². The first-order valence-corrected chi connectivity index (χ1v) is 8.10. The Morgan fingerprint density at radius 3 is 2.74 bits per heavy atom. The number of pyridine rings is 1. The zero-order chi connectivity index (χ0) is 15.8. The molecule has 4 heterocycles. The molecule has 6 nitrogen and oxygen atoms in total. The second-order valence-electron chi connectivity index (χ2n) is 6.36. The van der Waals surface area contributed by atoms with Crippen LogP contribution in [0.1, 0.15) is 6.92 Å². The van der Waals surface area contributed by atoms with Gasteiger partial charge in [0.25, 0.3) is 5.91 Å². The summed E-state index contributed by atoms with van der Waals surface area (Å²) in [6.45, 7) is 6.02. The van der Waals surface area contributed by atoms with Crippen LogP contribution < -0.4 is 10.9 Å². The number of hydrogen-bond acceptors (Lipinski definition) is 5. The lowest BCUT2D eigenvalue weighted by atomic mass is 10.0. The molecule has 2 aromatic rings. The second kappa shape index (κ2) is 5.79. The van der Waals surface area contributed by atoms with Crippen LogP contribution in [0.2, 0.25) is 0 Å². The van der Waals surface area contributed by atoms with Crippen molar-refractivity contribution >= 4 is 22.6 Å². The normalized spacial score (nSPS) is 29.4. The molecule has 0 saturated carbocycles. The van der Waals surface area contributed by atoms with Crippen molar-refractivity contribution in [3.8, 4) is 0 Å². The van der Waals surface area contributed by atoms with Crippen molar-refractivity contribution in [2.75, 3.05) is 31.6 Å². The van der Waals surface area contributed by atoms with Gasteiger partial charge in [-0.05, 0) is 25.1 Å². The molecular weight excluding hydrogens is 290 g/mol. The van der Waals surface area contributed by atoms with Crippen LogP contribution in [0.25, 0.3) is 10.9 Å². The van der Waals surface area contributed by atoms with Crippen LogP contribution in [0, 0.1) is 0 Å². The molecule has 1 amide bonds. The van der Waals surface area contributed by atoms with Crippen LogP contribution in [0.5, 0.6) is 0 Å². The van der Waals surface area contributed by atoms with Crippen molar-refractivity contribution in [1.82, 2.24) is 20.2 Å². The van der Waals surface area contributed by atoms with Crippen LogP contribution in [0.4, 0.5) is 5.82 Å². The van der Waals surface area contributed by atoms with Gasteiger partial charge in [-0.1, -0.05) is 18.2 Å². The third-order valence-corrected chi connectivity index (χ3v) is 4.86. The Kier molecular flexibility index (Phi) is 3.63. The zero-order valence-corrected chi connectivity index (χ0v) is 13.2. The van der Waals surface area contributed by atoms with Gasteiger partial charge >= 0.3 is 0 Å². The molecule has 0 radical (unpaired) electrons. The highest BCUT2D eigenvalue weighted by Gasteiger charge is 2.39. The number of anilines is 1. The lowest BCUT2D eigenvalue weighted by molar-refractivity contribution is -0.133. The molecule has 1 aromatic carbocycles. The van der Waals surface area contributed by atoms with E-state index >= 15 is 0 Å². The van der Waals surface area contributed by atoms with Gasteiger partial charge in [0, 0.05) is 37.6 Å². The maximum Gasteiger partial charge on any atom is 0.257 e. The SMILES string of the molecule is CC1CN2CCN1CC2C(=O)NNc1ccc2ccccc2n1. The van der Waals surface area contributed by atoms with E-state index in [1.165, 1.54) is 0 Å². The number of hydrogen-bond donors (Lipinski definition) is 2. The highest BCUT2D eigenvalue weighted by Crippen LogP contribution is 2.20. The molecule has 0 aliphatic carbocycles. The third kappa shape index (κ3) is 2.75. The average molecular weight is 311 g/mol. The number of rotatable bonds is 3. The molecule has 2 bridgehead atoms. The molecule has 23 heavy (non-hydrogen) atoms. The smallest absolute Gasteiger partial charge is 0.257 e. The number of nitrogens with one attached hydrogen (secondary N) is 2. The number of fused-ring (bicyclic) bond motifs is 4. The third-order valence-electron chi connectivity index (χ3n) is 4.86. The highest BCUT2D eigenvalue weighted by atomic mass is 16.2. The van der Waals surface area contributed by atoms with Crippen molar-refractivity contribution in [3.05, 3.63) is 36.4 Å². The number of nitrogens with zero attached hydrogens (tertiary/aromatic N) is 3. The summed E-state index contributed by atoms with van der Waals surface area (Å²) in [5, 5.41) is 1.09. The molecule has 4 atom stereocenters. The van der Waals surface area contributed by atoms with Gasteiger partial charge < -0.3 is 0 Å². The van der Waals surface area contributed by atoms with Crippen molar-refractivity contribution in [2.24, 2.45) is 0 Å². The molecule has 6 heteroatoms. The number of piperazine rings is 3. The number of aromatic nitrogens is 1. The summed E-state index contributed by atoms with van der Waals surface area (Å²) in [5.74, 6) is 0.665. The largest absolute Gasteiger partial charge is 0.296 e. The quantitative estimate of drug-likeness (QED) is 0.830. The van der Waals surface area contributed by atoms with E-state index in [0.717, 1.165) is 37.1 Å². The van der Waals surface area contributed by atoms with Gasteiger partial charge in [-0.3, -0.25) is 25.4 Å². The summed E-state index contributed by atoms with van der Waals surface area (Å²) in [5.41, 5.74) is 6.67. The Labute approximate surface area is 135 Å². The maximum absolute atomic E-state index is 12.5. The van der Waals surface area contributed by atoms with Gasteiger partial charge in [0.1, 0.15) is 11.9 Å². The van der Waals surface area contributed by atoms with E-state index < -0.39 is 0 Å². The second-order valence-corrected chi connectivity index (χ2v) is 6.36. The molecule has 5 rings (SSSR count). The minimum atomic E-state index is -0.0760. The summed E-state index contributed by atoms with van der Waals surface area (Å²) < 4.78 is 0. The zero-order valence-electron chi connectivity index (χ0n) is 13.2. The molecule has 4 unspecified atom stereocenters. The standard InChI is InChI=1S/C17H21N5O/c1-12-10-22-9-8-21(12)11-15(22)17(23)20-19-16-7-6-13-4-2-3-5-14(13)18-16/h2-7,12,15H,8-11H2,1H3,(H,18,19)(H,20,23). The van der Waals surface area contributed by atoms with E-state index in [2.05, 4.69) is 32.6 Å². The monoisotopic (exact) mass is 311 g/mol. The first-order valence-electron chi connectivity index (χ1n) is 8.10. The van der Waals surface area contributed by atoms with E-state index in [4.69, 9.17) is 0 Å². The Bertz CT molecular complexity index is 734. The number of para-hydroxylation sites is 1. The maximum atomic E-state index is 12.5. The molecule has 3 fully saturated rings. The molecule has 3 aliphatic heterocycles. The van der Waals surface area contributed by atoms with Crippen LogP contribution >= 0.6 is 0 Å². The first kappa shape index (κ1) is 14.4. The van der Waals surface area contributed by atoms with Gasteiger partial charge in [-0.2, -0.15) is 0 Å². The molecular formula is C17H21N5O. The predicted octanol–water partition coefficient (Wildman–Crippen LogP) is 1.07. The van der Waals surface area contributed by atoms with E-state index in [9.17, 15) is 4.79 Å². The molecule has 120 valence electrons. The van der Waals surface area contributed by atoms with Crippen molar-refractivity contribution < 1.29 is 4.79 Å². The molecule has 0 spiro atoms.